The fourth-order valence-electron chi connectivity index (χ4n) is 1.10. The molecule has 5 nitrogen and oxygen atoms in total. The van der Waals surface area contributed by atoms with Crippen LogP contribution in [0, 0.1) is 11.3 Å². The Morgan fingerprint density at radius 3 is 2.76 bits per heavy atom. The van der Waals surface area contributed by atoms with Gasteiger partial charge in [0.25, 0.3) is 0 Å². The number of esters is 1. The minimum absolute atomic E-state index is 0.0996. The lowest BCUT2D eigenvalue weighted by Gasteiger charge is -2.09. The molecule has 0 saturated heterocycles. The summed E-state index contributed by atoms with van der Waals surface area (Å²) >= 11 is 3.09. The summed E-state index contributed by atoms with van der Waals surface area (Å²) in [6, 6.07) is 4.52. The topological polar surface area (TPSA) is 79.5 Å². The number of phenolic OH excluding ortho intramolecular Hbond substituents is 1. The molecule has 0 bridgehead atoms. The minimum atomic E-state index is -0.832. The van der Waals surface area contributed by atoms with Crippen LogP contribution in [0.1, 0.15) is 17.3 Å². The van der Waals surface area contributed by atoms with Gasteiger partial charge in [-0.3, -0.25) is 0 Å². The maximum absolute atomic E-state index is 11.6. The molecule has 0 heterocycles. The van der Waals surface area contributed by atoms with E-state index in [-0.39, 0.29) is 17.1 Å². The molecule has 0 unspecified atom stereocenters. The lowest BCUT2D eigenvalue weighted by molar-refractivity contribution is 0.0435. The normalized spacial score (nSPS) is 11.4. The summed E-state index contributed by atoms with van der Waals surface area (Å²) in [7, 11) is 1.37. The Balaban J connectivity index is 3.04. The molecule has 0 aromatic heterocycles. The molecule has 17 heavy (non-hydrogen) atoms. The van der Waals surface area contributed by atoms with Gasteiger partial charge in [-0.25, -0.2) is 4.79 Å². The molecular weight excluding hydrogens is 290 g/mol. The molecule has 1 rings (SSSR count). The highest BCUT2D eigenvalue weighted by atomic mass is 79.9. The van der Waals surface area contributed by atoms with Crippen LogP contribution in [0.3, 0.4) is 0 Å². The molecule has 0 amide bonds. The fourth-order valence-corrected chi connectivity index (χ4v) is 1.54. The number of nitrogens with zero attached hydrogens (tertiary/aromatic N) is 1. The summed E-state index contributed by atoms with van der Waals surface area (Å²) in [6.45, 7) is 1.46. The van der Waals surface area contributed by atoms with Gasteiger partial charge in [0.1, 0.15) is 6.07 Å². The Kier molecular flexibility index (Phi) is 4.35. The van der Waals surface area contributed by atoms with Gasteiger partial charge < -0.3 is 14.6 Å². The largest absolute Gasteiger partial charge is 0.503 e. The maximum atomic E-state index is 11.6. The number of carbonyl (C=O) groups excluding carboxylic acids is 1. The molecule has 0 aliphatic heterocycles. The van der Waals surface area contributed by atoms with E-state index in [9.17, 15) is 9.90 Å². The van der Waals surface area contributed by atoms with Crippen molar-refractivity contribution in [2.24, 2.45) is 0 Å². The smallest absolute Gasteiger partial charge is 0.339 e. The zero-order valence-corrected chi connectivity index (χ0v) is 10.8. The van der Waals surface area contributed by atoms with Gasteiger partial charge in [-0.2, -0.15) is 5.26 Å². The van der Waals surface area contributed by atoms with Gasteiger partial charge in [0.2, 0.25) is 0 Å². The highest BCUT2D eigenvalue weighted by Gasteiger charge is 2.16. The second-order valence-corrected chi connectivity index (χ2v) is 4.04. The molecular formula is C11H10BrNO4. The van der Waals surface area contributed by atoms with Gasteiger partial charge >= 0.3 is 5.97 Å². The van der Waals surface area contributed by atoms with Gasteiger partial charge in [-0.1, -0.05) is 0 Å². The minimum Gasteiger partial charge on any atom is -0.503 e. The fraction of sp³-hybridized carbons (Fsp3) is 0.273. The van der Waals surface area contributed by atoms with E-state index in [0.29, 0.717) is 4.47 Å². The van der Waals surface area contributed by atoms with E-state index in [2.05, 4.69) is 15.9 Å². The van der Waals surface area contributed by atoms with Crippen LogP contribution in [0.15, 0.2) is 16.6 Å². The van der Waals surface area contributed by atoms with Crippen LogP contribution >= 0.6 is 15.9 Å². The molecule has 90 valence electrons. The summed E-state index contributed by atoms with van der Waals surface area (Å²) in [5.41, 5.74) is 0.189. The number of phenols is 1. The third-order valence-electron chi connectivity index (χ3n) is 1.95. The summed E-state index contributed by atoms with van der Waals surface area (Å²) in [5.74, 6) is -0.605. The summed E-state index contributed by atoms with van der Waals surface area (Å²) < 4.78 is 10.0. The zero-order valence-electron chi connectivity index (χ0n) is 9.23. The number of methoxy groups -OCH3 is 1. The van der Waals surface area contributed by atoms with Crippen molar-refractivity contribution in [1.29, 1.82) is 5.26 Å². The van der Waals surface area contributed by atoms with Crippen LogP contribution in [0.25, 0.3) is 0 Å². The first kappa shape index (κ1) is 13.3. The average molecular weight is 300 g/mol. The summed E-state index contributed by atoms with van der Waals surface area (Å²) in [5, 5.41) is 18.1. The quantitative estimate of drug-likeness (QED) is 0.866. The molecule has 0 aliphatic carbocycles. The van der Waals surface area contributed by atoms with E-state index in [1.807, 2.05) is 0 Å². The van der Waals surface area contributed by atoms with Crippen molar-refractivity contribution < 1.29 is 19.4 Å². The first-order chi connectivity index (χ1) is 7.99. The van der Waals surface area contributed by atoms with E-state index in [4.69, 9.17) is 14.7 Å². The number of nitriles is 1. The number of hydrogen-bond donors (Lipinski definition) is 1. The number of aromatic hydroxyl groups is 1. The molecule has 0 fully saturated rings. The zero-order chi connectivity index (χ0) is 13.0. The van der Waals surface area contributed by atoms with Crippen LogP contribution in [0.2, 0.25) is 0 Å². The van der Waals surface area contributed by atoms with Gasteiger partial charge in [0, 0.05) is 0 Å². The van der Waals surface area contributed by atoms with Crippen molar-refractivity contribution in [3.05, 3.63) is 22.2 Å². The second-order valence-electron chi connectivity index (χ2n) is 3.19. The summed E-state index contributed by atoms with van der Waals surface area (Å²) in [6.07, 6.45) is -0.832. The highest BCUT2D eigenvalue weighted by Crippen LogP contribution is 2.35. The predicted octanol–water partition coefficient (Wildman–Crippen LogP) is 2.23. The standard InChI is InChI=1S/C11H10BrNO4/c1-6(5-13)17-11(15)7-3-8(12)10(14)9(4-7)16-2/h3-4,6,14H,1-2H3/t6-/m1/s1. The highest BCUT2D eigenvalue weighted by molar-refractivity contribution is 9.10. The third kappa shape index (κ3) is 3.11. The van der Waals surface area contributed by atoms with E-state index in [0.717, 1.165) is 0 Å². The van der Waals surface area contributed by atoms with Crippen LogP contribution in [0.5, 0.6) is 11.5 Å². The van der Waals surface area contributed by atoms with Crippen molar-refractivity contribution in [2.45, 2.75) is 13.0 Å². The average Bonchev–Trinajstić information content (AvgIpc) is 2.32. The molecule has 0 spiro atoms. The second kappa shape index (κ2) is 5.55. The van der Waals surface area contributed by atoms with Crippen LogP contribution in [-0.4, -0.2) is 24.3 Å². The first-order valence-electron chi connectivity index (χ1n) is 4.66. The number of benzene rings is 1. The molecule has 1 atom stereocenters. The Labute approximate surface area is 107 Å². The SMILES string of the molecule is COc1cc(C(=O)O[C@H](C)C#N)cc(Br)c1O. The molecule has 0 aliphatic rings. The predicted molar refractivity (Wildman–Crippen MR) is 62.8 cm³/mol. The molecule has 0 saturated carbocycles. The lowest BCUT2D eigenvalue weighted by atomic mass is 10.2. The number of carbonyl (C=O) groups is 1. The first-order valence-corrected chi connectivity index (χ1v) is 5.46. The van der Waals surface area contributed by atoms with E-state index >= 15 is 0 Å². The van der Waals surface area contributed by atoms with E-state index < -0.39 is 12.1 Å². The van der Waals surface area contributed by atoms with Crippen molar-refractivity contribution in [2.75, 3.05) is 7.11 Å². The van der Waals surface area contributed by atoms with Crippen LogP contribution in [-0.2, 0) is 4.74 Å². The van der Waals surface area contributed by atoms with E-state index in [1.165, 1.54) is 26.2 Å². The van der Waals surface area contributed by atoms with Crippen molar-refractivity contribution in [3.8, 4) is 17.6 Å². The van der Waals surface area contributed by atoms with Crippen LogP contribution in [0.4, 0.5) is 0 Å². The maximum Gasteiger partial charge on any atom is 0.339 e. The van der Waals surface area contributed by atoms with Gasteiger partial charge in [-0.15, -0.1) is 0 Å². The van der Waals surface area contributed by atoms with Crippen molar-refractivity contribution >= 4 is 21.9 Å². The Hall–Kier alpha value is -1.74. The monoisotopic (exact) mass is 299 g/mol. The number of hydrogen-bond acceptors (Lipinski definition) is 5. The number of halogens is 1. The number of ether oxygens (including phenoxy) is 2. The molecule has 1 aromatic carbocycles. The lowest BCUT2D eigenvalue weighted by Crippen LogP contribution is -2.13. The molecule has 0 radical (unpaired) electrons. The Morgan fingerprint density at radius 2 is 2.24 bits per heavy atom. The van der Waals surface area contributed by atoms with Gasteiger partial charge in [0.05, 0.1) is 17.1 Å². The van der Waals surface area contributed by atoms with Gasteiger partial charge in [0.15, 0.2) is 17.6 Å². The molecule has 6 heteroatoms. The van der Waals surface area contributed by atoms with Crippen molar-refractivity contribution in [1.82, 2.24) is 0 Å². The molecule has 1 aromatic rings. The summed E-state index contributed by atoms with van der Waals surface area (Å²) in [4.78, 5) is 11.6. The van der Waals surface area contributed by atoms with Crippen molar-refractivity contribution in [3.63, 3.8) is 0 Å². The van der Waals surface area contributed by atoms with E-state index in [1.54, 1.807) is 6.07 Å². The third-order valence-corrected chi connectivity index (χ3v) is 2.55. The molecule has 1 N–H and O–H groups in total. The van der Waals surface area contributed by atoms with Gasteiger partial charge in [-0.05, 0) is 35.0 Å². The number of rotatable bonds is 3. The Bertz CT molecular complexity index is 481. The Morgan fingerprint density at radius 1 is 1.59 bits per heavy atom. The van der Waals surface area contributed by atoms with Crippen LogP contribution < -0.4 is 4.74 Å².